The molecule has 2 fully saturated rings. The Labute approximate surface area is 212 Å². The van der Waals surface area contributed by atoms with Gasteiger partial charge in [-0.05, 0) is 98.2 Å². The van der Waals surface area contributed by atoms with E-state index in [2.05, 4.69) is 24.0 Å². The largest absolute Gasteiger partial charge is 0.416 e. The van der Waals surface area contributed by atoms with E-state index < -0.39 is 11.7 Å². The molecule has 2 nitrogen and oxygen atoms in total. The topological polar surface area (TPSA) is 12.5 Å². The SMILES string of the molecule is CC(c1ccc(Cl)cc1)C1CCCC2(CCN(CCOCCc3ccccc3C(F)(F)F)CC2)C1. The second-order valence-electron chi connectivity index (χ2n) is 10.6. The molecule has 1 aliphatic carbocycles. The van der Waals surface area contributed by atoms with Crippen LogP contribution in [-0.4, -0.2) is 37.7 Å². The number of alkyl halides is 3. The van der Waals surface area contributed by atoms with Crippen molar-refractivity contribution in [2.24, 2.45) is 11.3 Å². The van der Waals surface area contributed by atoms with Crippen LogP contribution < -0.4 is 0 Å². The number of benzene rings is 2. The van der Waals surface area contributed by atoms with E-state index in [1.165, 1.54) is 50.2 Å². The van der Waals surface area contributed by atoms with Crippen LogP contribution >= 0.6 is 11.6 Å². The van der Waals surface area contributed by atoms with Gasteiger partial charge in [0.15, 0.2) is 0 Å². The van der Waals surface area contributed by atoms with Crippen molar-refractivity contribution < 1.29 is 17.9 Å². The zero-order chi connectivity index (χ0) is 24.9. The second kappa shape index (κ2) is 11.7. The fraction of sp³-hybridized carbons (Fsp3) is 0.586. The number of ether oxygens (including phenoxy) is 1. The summed E-state index contributed by atoms with van der Waals surface area (Å²) in [7, 11) is 0. The lowest BCUT2D eigenvalue weighted by atomic mass is 9.62. The molecule has 1 saturated heterocycles. The Kier molecular flexibility index (Phi) is 8.83. The Bertz CT molecular complexity index is 938. The zero-order valence-electron chi connectivity index (χ0n) is 20.6. The maximum Gasteiger partial charge on any atom is 0.416 e. The van der Waals surface area contributed by atoms with Gasteiger partial charge < -0.3 is 9.64 Å². The number of piperidine rings is 1. The number of halogens is 4. The van der Waals surface area contributed by atoms with E-state index in [0.717, 1.165) is 36.6 Å². The summed E-state index contributed by atoms with van der Waals surface area (Å²) in [6, 6.07) is 14.1. The second-order valence-corrected chi connectivity index (χ2v) is 11.0. The van der Waals surface area contributed by atoms with Crippen molar-refractivity contribution in [3.63, 3.8) is 0 Å². The van der Waals surface area contributed by atoms with Gasteiger partial charge in [0.05, 0.1) is 18.8 Å². The molecule has 2 aliphatic rings. The Morgan fingerprint density at radius 2 is 1.74 bits per heavy atom. The maximum absolute atomic E-state index is 13.1. The van der Waals surface area contributed by atoms with Crippen LogP contribution in [0.15, 0.2) is 48.5 Å². The van der Waals surface area contributed by atoms with Gasteiger partial charge in [-0.2, -0.15) is 13.2 Å². The summed E-state index contributed by atoms with van der Waals surface area (Å²) in [6.07, 6.45) is 3.69. The van der Waals surface area contributed by atoms with Crippen molar-refractivity contribution in [3.8, 4) is 0 Å². The first-order valence-electron chi connectivity index (χ1n) is 13.0. The van der Waals surface area contributed by atoms with E-state index in [4.69, 9.17) is 16.3 Å². The third kappa shape index (κ3) is 7.02. The summed E-state index contributed by atoms with van der Waals surface area (Å²) in [5, 5.41) is 0.795. The van der Waals surface area contributed by atoms with Gasteiger partial charge in [-0.15, -0.1) is 0 Å². The molecule has 1 spiro atoms. The first kappa shape index (κ1) is 26.5. The van der Waals surface area contributed by atoms with Gasteiger partial charge in [0.2, 0.25) is 0 Å². The van der Waals surface area contributed by atoms with Crippen molar-refractivity contribution >= 4 is 11.6 Å². The van der Waals surface area contributed by atoms with E-state index >= 15 is 0 Å². The highest BCUT2D eigenvalue weighted by Gasteiger charge is 2.40. The van der Waals surface area contributed by atoms with E-state index in [0.29, 0.717) is 30.1 Å². The number of likely N-dealkylation sites (tertiary alicyclic amines) is 1. The lowest BCUT2D eigenvalue weighted by Gasteiger charge is -2.48. The van der Waals surface area contributed by atoms with Crippen LogP contribution in [0, 0.1) is 11.3 Å². The van der Waals surface area contributed by atoms with Crippen molar-refractivity contribution in [2.45, 2.75) is 64.0 Å². The number of rotatable bonds is 8. The van der Waals surface area contributed by atoms with Gasteiger partial charge >= 0.3 is 6.18 Å². The Balaban J connectivity index is 1.19. The first-order valence-corrected chi connectivity index (χ1v) is 13.3. The minimum absolute atomic E-state index is 0.284. The smallest absolute Gasteiger partial charge is 0.380 e. The Morgan fingerprint density at radius 1 is 1.03 bits per heavy atom. The van der Waals surface area contributed by atoms with Crippen LogP contribution in [-0.2, 0) is 17.3 Å². The minimum atomic E-state index is -4.31. The average Bonchev–Trinajstić information content (AvgIpc) is 2.85. The van der Waals surface area contributed by atoms with Crippen LogP contribution in [0.4, 0.5) is 13.2 Å². The molecule has 1 heterocycles. The molecule has 2 aromatic carbocycles. The Morgan fingerprint density at radius 3 is 2.46 bits per heavy atom. The third-order valence-corrected chi connectivity index (χ3v) is 8.64. The Hall–Kier alpha value is -1.56. The maximum atomic E-state index is 13.1. The van der Waals surface area contributed by atoms with Crippen molar-refractivity contribution in [3.05, 3.63) is 70.2 Å². The van der Waals surface area contributed by atoms with Gasteiger partial charge in [-0.25, -0.2) is 0 Å². The summed E-state index contributed by atoms with van der Waals surface area (Å²) in [5.74, 6) is 1.28. The van der Waals surface area contributed by atoms with Crippen molar-refractivity contribution in [2.75, 3.05) is 32.8 Å². The third-order valence-electron chi connectivity index (χ3n) is 8.39. The highest BCUT2D eigenvalue weighted by Crippen LogP contribution is 2.50. The molecule has 2 unspecified atom stereocenters. The fourth-order valence-corrected chi connectivity index (χ4v) is 6.29. The van der Waals surface area contributed by atoms with Crippen LogP contribution in [0.25, 0.3) is 0 Å². The van der Waals surface area contributed by atoms with Gasteiger partial charge in [0.25, 0.3) is 0 Å². The van der Waals surface area contributed by atoms with E-state index in [9.17, 15) is 13.2 Å². The predicted octanol–water partition coefficient (Wildman–Crippen LogP) is 7.99. The summed E-state index contributed by atoms with van der Waals surface area (Å²) in [4.78, 5) is 2.46. The summed E-state index contributed by atoms with van der Waals surface area (Å²) < 4.78 is 45.1. The first-order chi connectivity index (χ1) is 16.8. The van der Waals surface area contributed by atoms with E-state index in [-0.39, 0.29) is 6.42 Å². The van der Waals surface area contributed by atoms with Crippen LogP contribution in [0.5, 0.6) is 0 Å². The lowest BCUT2D eigenvalue weighted by molar-refractivity contribution is -0.138. The van der Waals surface area contributed by atoms with E-state index in [1.54, 1.807) is 12.1 Å². The molecule has 0 radical (unpaired) electrons. The van der Waals surface area contributed by atoms with Crippen LogP contribution in [0.2, 0.25) is 5.02 Å². The molecule has 4 rings (SSSR count). The molecule has 6 heteroatoms. The highest BCUT2D eigenvalue weighted by molar-refractivity contribution is 6.30. The van der Waals surface area contributed by atoms with Gasteiger partial charge in [0, 0.05) is 11.6 Å². The molecule has 0 bridgehead atoms. The van der Waals surface area contributed by atoms with Crippen molar-refractivity contribution in [1.82, 2.24) is 4.90 Å². The normalized spacial score (nSPS) is 21.8. The van der Waals surface area contributed by atoms with E-state index in [1.807, 2.05) is 12.1 Å². The van der Waals surface area contributed by atoms with Crippen molar-refractivity contribution in [1.29, 1.82) is 0 Å². The molecule has 192 valence electrons. The predicted molar refractivity (Wildman–Crippen MR) is 136 cm³/mol. The molecule has 1 aliphatic heterocycles. The van der Waals surface area contributed by atoms with Gasteiger partial charge in [-0.1, -0.05) is 55.3 Å². The minimum Gasteiger partial charge on any atom is -0.380 e. The monoisotopic (exact) mass is 507 g/mol. The molecule has 0 N–H and O–H groups in total. The standard InChI is InChI=1S/C29H37ClF3NO/c1-22(23-8-10-26(30)11-9-23)25-6-4-13-28(21-25)14-16-34(17-15-28)18-20-35-19-12-24-5-2-3-7-27(24)29(31,32)33/h2-3,5,7-11,22,25H,4,6,12-21H2,1H3. The summed E-state index contributed by atoms with van der Waals surface area (Å²) >= 11 is 6.08. The van der Waals surface area contributed by atoms with Gasteiger partial charge in [-0.3, -0.25) is 0 Å². The molecule has 0 aromatic heterocycles. The molecule has 1 saturated carbocycles. The summed E-state index contributed by atoms with van der Waals surface area (Å²) in [5.41, 5.74) is 1.60. The average molecular weight is 508 g/mol. The fourth-order valence-electron chi connectivity index (χ4n) is 6.16. The number of hydrogen-bond acceptors (Lipinski definition) is 2. The molecule has 2 aromatic rings. The zero-order valence-corrected chi connectivity index (χ0v) is 21.4. The molecular formula is C29H37ClF3NO. The molecule has 2 atom stereocenters. The van der Waals surface area contributed by atoms with Crippen LogP contribution in [0.3, 0.4) is 0 Å². The molecular weight excluding hydrogens is 471 g/mol. The number of hydrogen-bond donors (Lipinski definition) is 0. The number of nitrogens with zero attached hydrogens (tertiary/aromatic N) is 1. The lowest BCUT2D eigenvalue weighted by Crippen LogP contribution is -2.44. The van der Waals surface area contributed by atoms with Crippen LogP contribution in [0.1, 0.15) is 68.1 Å². The highest BCUT2D eigenvalue weighted by atomic mass is 35.5. The molecule has 35 heavy (non-hydrogen) atoms. The molecule has 0 amide bonds. The van der Waals surface area contributed by atoms with Gasteiger partial charge in [0.1, 0.15) is 0 Å². The summed E-state index contributed by atoms with van der Waals surface area (Å²) in [6.45, 7) is 6.27. The quantitative estimate of drug-likeness (QED) is 0.336.